The molecule has 3 nitrogen and oxygen atoms in total. The van der Waals surface area contributed by atoms with E-state index in [4.69, 9.17) is 11.6 Å². The molecule has 0 saturated carbocycles. The monoisotopic (exact) mass is 406 g/mol. The molecule has 1 aliphatic carbocycles. The Labute approximate surface area is 178 Å². The minimum atomic E-state index is -0.00787. The van der Waals surface area contributed by atoms with Gasteiger partial charge in [0.15, 0.2) is 0 Å². The molecule has 2 aromatic carbocycles. The van der Waals surface area contributed by atoms with Gasteiger partial charge in [-0.05, 0) is 73.9 Å². The highest BCUT2D eigenvalue weighted by Gasteiger charge is 2.27. The number of benzene rings is 2. The van der Waals surface area contributed by atoms with Gasteiger partial charge in [0.1, 0.15) is 0 Å². The van der Waals surface area contributed by atoms with Gasteiger partial charge in [-0.25, -0.2) is 0 Å². The summed E-state index contributed by atoms with van der Waals surface area (Å²) in [6.07, 6.45) is 8.71. The Morgan fingerprint density at radius 3 is 2.48 bits per heavy atom. The third-order valence-corrected chi connectivity index (χ3v) is 5.87. The third kappa shape index (κ3) is 4.91. The summed E-state index contributed by atoms with van der Waals surface area (Å²) in [5.41, 5.74) is 5.26. The number of carbonyl (C=O) groups is 1. The maximum Gasteiger partial charge on any atom is 0.253 e. The second-order valence-corrected chi connectivity index (χ2v) is 8.21. The Morgan fingerprint density at radius 1 is 0.931 bits per heavy atom. The number of likely N-dealkylation sites (tertiary alicyclic amines) is 1. The van der Waals surface area contributed by atoms with Crippen LogP contribution in [-0.2, 0) is 4.79 Å². The molecule has 4 heteroatoms. The molecule has 1 fully saturated rings. The molecular formula is C25H27ClN2O. The van der Waals surface area contributed by atoms with Gasteiger partial charge in [0.2, 0.25) is 0 Å². The summed E-state index contributed by atoms with van der Waals surface area (Å²) in [4.78, 5) is 15.7. The van der Waals surface area contributed by atoms with E-state index < -0.39 is 0 Å². The SMILES string of the molecule is O=C(Nc1cccc(Cl)c1)C1=C(N2CCCCC2)C(=Cc2ccccc2)CCC1. The van der Waals surface area contributed by atoms with Crippen molar-refractivity contribution < 1.29 is 4.79 Å². The van der Waals surface area contributed by atoms with Crippen molar-refractivity contribution in [3.63, 3.8) is 0 Å². The van der Waals surface area contributed by atoms with E-state index in [1.54, 1.807) is 6.07 Å². The molecule has 1 amide bonds. The first-order chi connectivity index (χ1) is 14.2. The molecule has 1 saturated heterocycles. The minimum Gasteiger partial charge on any atom is -0.371 e. The molecule has 0 atom stereocenters. The zero-order valence-corrected chi connectivity index (χ0v) is 17.4. The molecule has 0 aromatic heterocycles. The number of amides is 1. The summed E-state index contributed by atoms with van der Waals surface area (Å²) in [7, 11) is 0. The van der Waals surface area contributed by atoms with Crippen LogP contribution in [0.4, 0.5) is 5.69 Å². The summed E-state index contributed by atoms with van der Waals surface area (Å²) < 4.78 is 0. The van der Waals surface area contributed by atoms with Crippen LogP contribution in [0, 0.1) is 0 Å². The second-order valence-electron chi connectivity index (χ2n) is 7.77. The Kier molecular flexibility index (Phi) is 6.36. The number of piperidine rings is 1. The second kappa shape index (κ2) is 9.32. The van der Waals surface area contributed by atoms with Crippen molar-refractivity contribution in [2.75, 3.05) is 18.4 Å². The van der Waals surface area contributed by atoms with E-state index in [0.717, 1.165) is 49.3 Å². The predicted molar refractivity (Wildman–Crippen MR) is 121 cm³/mol. The number of anilines is 1. The molecule has 2 aliphatic rings. The van der Waals surface area contributed by atoms with E-state index >= 15 is 0 Å². The van der Waals surface area contributed by atoms with Crippen molar-refractivity contribution in [3.8, 4) is 0 Å². The van der Waals surface area contributed by atoms with Gasteiger partial charge in [-0.2, -0.15) is 0 Å². The van der Waals surface area contributed by atoms with Crippen molar-refractivity contribution in [1.82, 2.24) is 4.90 Å². The molecule has 1 heterocycles. The summed E-state index contributed by atoms with van der Waals surface area (Å²) >= 11 is 6.10. The highest BCUT2D eigenvalue weighted by molar-refractivity contribution is 6.31. The lowest BCUT2D eigenvalue weighted by molar-refractivity contribution is -0.113. The van der Waals surface area contributed by atoms with Crippen LogP contribution in [0.5, 0.6) is 0 Å². The smallest absolute Gasteiger partial charge is 0.253 e. The molecule has 0 unspecified atom stereocenters. The van der Waals surface area contributed by atoms with Gasteiger partial charge < -0.3 is 10.2 Å². The predicted octanol–water partition coefficient (Wildman–Crippen LogP) is 6.29. The van der Waals surface area contributed by atoms with Gasteiger partial charge in [-0.15, -0.1) is 0 Å². The van der Waals surface area contributed by atoms with Crippen LogP contribution in [0.25, 0.3) is 6.08 Å². The van der Waals surface area contributed by atoms with Crippen LogP contribution in [-0.4, -0.2) is 23.9 Å². The first-order valence-corrected chi connectivity index (χ1v) is 10.9. The lowest BCUT2D eigenvalue weighted by Crippen LogP contribution is -2.34. The van der Waals surface area contributed by atoms with E-state index in [1.807, 2.05) is 24.3 Å². The number of hydrogen-bond acceptors (Lipinski definition) is 2. The summed E-state index contributed by atoms with van der Waals surface area (Å²) in [6.45, 7) is 2.05. The van der Waals surface area contributed by atoms with Crippen LogP contribution < -0.4 is 5.32 Å². The molecule has 0 spiro atoms. The molecule has 29 heavy (non-hydrogen) atoms. The van der Waals surface area contributed by atoms with E-state index in [9.17, 15) is 4.79 Å². The average Bonchev–Trinajstić information content (AvgIpc) is 2.75. The average molecular weight is 407 g/mol. The van der Waals surface area contributed by atoms with E-state index in [1.165, 1.54) is 30.4 Å². The third-order valence-electron chi connectivity index (χ3n) is 5.63. The molecule has 1 aliphatic heterocycles. The summed E-state index contributed by atoms with van der Waals surface area (Å²) in [5.74, 6) is -0.00787. The minimum absolute atomic E-state index is 0.00787. The van der Waals surface area contributed by atoms with Crippen LogP contribution in [0.2, 0.25) is 5.02 Å². The standard InChI is InChI=1S/C25H27ClN2O/c26-21-12-8-13-22(18-21)27-25(29)23-14-7-11-20(17-19-9-3-1-4-10-19)24(23)28-15-5-2-6-16-28/h1,3-4,8-10,12-13,17-18H,2,5-7,11,14-16H2,(H,27,29). The van der Waals surface area contributed by atoms with Gasteiger partial charge in [0.05, 0.1) is 0 Å². The van der Waals surface area contributed by atoms with E-state index in [-0.39, 0.29) is 5.91 Å². The molecule has 1 N–H and O–H groups in total. The number of carbonyl (C=O) groups excluding carboxylic acids is 1. The number of allylic oxidation sites excluding steroid dienone is 1. The first-order valence-electron chi connectivity index (χ1n) is 10.5. The first kappa shape index (κ1) is 19.8. The van der Waals surface area contributed by atoms with Crippen LogP contribution >= 0.6 is 11.6 Å². The van der Waals surface area contributed by atoms with Crippen LogP contribution in [0.1, 0.15) is 44.1 Å². The lowest BCUT2D eigenvalue weighted by atomic mass is 9.88. The molecule has 0 radical (unpaired) electrons. The molecule has 2 aromatic rings. The van der Waals surface area contributed by atoms with Crippen molar-refractivity contribution in [1.29, 1.82) is 0 Å². The van der Waals surface area contributed by atoms with Crippen LogP contribution in [0.3, 0.4) is 0 Å². The summed E-state index contributed by atoms with van der Waals surface area (Å²) in [5, 5.41) is 3.70. The number of halogens is 1. The molecule has 0 bridgehead atoms. The normalized spacial score (nSPS) is 18.8. The Bertz CT molecular complexity index is 927. The lowest BCUT2D eigenvalue weighted by Gasteiger charge is -2.36. The van der Waals surface area contributed by atoms with E-state index in [2.05, 4.69) is 40.6 Å². The number of hydrogen-bond donors (Lipinski definition) is 1. The number of nitrogens with one attached hydrogen (secondary N) is 1. The topological polar surface area (TPSA) is 32.3 Å². The largest absolute Gasteiger partial charge is 0.371 e. The number of nitrogens with zero attached hydrogens (tertiary/aromatic N) is 1. The van der Waals surface area contributed by atoms with Crippen LogP contribution in [0.15, 0.2) is 71.4 Å². The fraction of sp³-hybridized carbons (Fsp3) is 0.320. The van der Waals surface area contributed by atoms with Crippen molar-refractivity contribution in [2.45, 2.75) is 38.5 Å². The molecule has 4 rings (SSSR count). The highest BCUT2D eigenvalue weighted by Crippen LogP contribution is 2.35. The highest BCUT2D eigenvalue weighted by atomic mass is 35.5. The summed E-state index contributed by atoms with van der Waals surface area (Å²) in [6, 6.07) is 17.8. The fourth-order valence-corrected chi connectivity index (χ4v) is 4.47. The molecule has 150 valence electrons. The maximum absolute atomic E-state index is 13.3. The quantitative estimate of drug-likeness (QED) is 0.647. The van der Waals surface area contributed by atoms with Gasteiger partial charge >= 0.3 is 0 Å². The van der Waals surface area contributed by atoms with Gasteiger partial charge in [-0.3, -0.25) is 4.79 Å². The number of rotatable bonds is 4. The maximum atomic E-state index is 13.3. The van der Waals surface area contributed by atoms with Crippen molar-refractivity contribution in [2.24, 2.45) is 0 Å². The Morgan fingerprint density at radius 2 is 1.72 bits per heavy atom. The van der Waals surface area contributed by atoms with Crippen molar-refractivity contribution >= 4 is 29.3 Å². The Hall–Kier alpha value is -2.52. The Balaban J connectivity index is 1.71. The van der Waals surface area contributed by atoms with E-state index in [0.29, 0.717) is 5.02 Å². The van der Waals surface area contributed by atoms with Crippen molar-refractivity contribution in [3.05, 3.63) is 82.0 Å². The van der Waals surface area contributed by atoms with Gasteiger partial charge in [0.25, 0.3) is 5.91 Å². The zero-order chi connectivity index (χ0) is 20.1. The zero-order valence-electron chi connectivity index (χ0n) is 16.7. The van der Waals surface area contributed by atoms with Gasteiger partial charge in [-0.1, -0.05) is 48.0 Å². The fourth-order valence-electron chi connectivity index (χ4n) is 4.28. The molecular weight excluding hydrogens is 380 g/mol. The van der Waals surface area contributed by atoms with Gasteiger partial charge in [0, 0.05) is 35.1 Å².